The van der Waals surface area contributed by atoms with Gasteiger partial charge in [0.1, 0.15) is 12.2 Å². The first-order chi connectivity index (χ1) is 71.0. The molecule has 22 rings (SSSR count). The lowest BCUT2D eigenvalue weighted by molar-refractivity contribution is 0.103. The van der Waals surface area contributed by atoms with E-state index in [1.165, 1.54) is 40.0 Å². The van der Waals surface area contributed by atoms with E-state index in [1.807, 2.05) is 182 Å². The number of benzene rings is 16. The zero-order chi connectivity index (χ0) is 103. The highest BCUT2D eigenvalue weighted by Crippen LogP contribution is 2.48. The summed E-state index contributed by atoms with van der Waals surface area (Å²) in [5.74, 6) is 7.58. The number of aliphatic hydroxyl groups excluding tert-OH is 2. The summed E-state index contributed by atoms with van der Waals surface area (Å²) in [6.07, 6.45) is 10.4. The molecule has 0 bridgehead atoms. The molecule has 16 aromatic rings. The molecule has 25 nitrogen and oxygen atoms in total. The van der Waals surface area contributed by atoms with E-state index >= 15 is 0 Å². The summed E-state index contributed by atoms with van der Waals surface area (Å²) < 4.78 is 136. The third kappa shape index (κ3) is 26.3. The Balaban J connectivity index is 0.000000125. The predicted octanol–water partition coefficient (Wildman–Crippen LogP) is 21.9. The third-order valence-electron chi connectivity index (χ3n) is 23.8. The molecule has 6 aliphatic rings. The van der Waals surface area contributed by atoms with Gasteiger partial charge in [-0.05, 0) is 281 Å². The Labute approximate surface area is 872 Å². The fourth-order valence-corrected chi connectivity index (χ4v) is 19.6. The molecule has 16 aromatic carbocycles. The highest BCUT2D eigenvalue weighted by Gasteiger charge is 2.30. The average molecular weight is 2150 g/mol. The van der Waals surface area contributed by atoms with Crippen LogP contribution >= 0.6 is 51.2 Å². The SMILES string of the molecule is CS(=O)(=O)c1ccc(-c2cc3c(cc2C(=O)c2ccccc2)OCO3)cc1.CS(=O)(=O)c1ccc(-c2cc3c(cc2C(O)c2ccccc2)OCO3)cc1.CS(=O)(=O)c1ccc(-c2cc3c(cc2Cc2ccccc2)OCO3)cc1.CSc1ccc(-c2cc3c(cc2C(O)c2ccccc2)OCO3)cc1.CSc1ccc(-c2cc3c(cc2C=O)OCO3)cc1.CSc1ccc(B(O)O)cc1.O=Cc1cc2c(cc1Br)OCO2. The van der Waals surface area contributed by atoms with Gasteiger partial charge in [0.25, 0.3) is 0 Å². The lowest BCUT2D eigenvalue weighted by Crippen LogP contribution is -2.29. The van der Waals surface area contributed by atoms with Gasteiger partial charge in [0.05, 0.1) is 14.7 Å². The van der Waals surface area contributed by atoms with Gasteiger partial charge in [-0.2, -0.15) is 0 Å². The first-order valence-electron chi connectivity index (χ1n) is 45.5. The molecule has 0 aromatic heterocycles. The Hall–Kier alpha value is -14.6. The van der Waals surface area contributed by atoms with Gasteiger partial charge in [0.15, 0.2) is 117 Å². The largest absolute Gasteiger partial charge is 0.488 e. The number of fused-ring (bicyclic) bond motifs is 6. The lowest BCUT2D eigenvalue weighted by atomic mass is 9.81. The quantitative estimate of drug-likeness (QED) is 0.0212. The third-order valence-corrected chi connectivity index (χ3v) is 30.1. The summed E-state index contributed by atoms with van der Waals surface area (Å²) in [4.78, 5) is 39.1. The lowest BCUT2D eigenvalue weighted by Gasteiger charge is -2.17. The summed E-state index contributed by atoms with van der Waals surface area (Å²) in [5, 5.41) is 39.4. The number of carbonyl (C=O) groups excluding carboxylic acids is 3. The second-order valence-electron chi connectivity index (χ2n) is 33.4. The molecule has 6 heterocycles. The van der Waals surface area contributed by atoms with Crippen molar-refractivity contribution in [3.05, 3.63) is 400 Å². The van der Waals surface area contributed by atoms with Crippen molar-refractivity contribution in [2.24, 2.45) is 0 Å². The van der Waals surface area contributed by atoms with Crippen molar-refractivity contribution < 1.29 is 117 Å². The van der Waals surface area contributed by atoms with Gasteiger partial charge < -0.3 is 77.1 Å². The maximum absolute atomic E-state index is 13.1. The molecule has 0 aliphatic carbocycles. The summed E-state index contributed by atoms with van der Waals surface area (Å²) >= 11 is 8.26. The van der Waals surface area contributed by atoms with Gasteiger partial charge in [-0.3, -0.25) is 14.4 Å². The Morgan fingerprint density at radius 1 is 0.333 bits per heavy atom. The van der Waals surface area contributed by atoms with E-state index in [2.05, 4.69) is 58.6 Å². The highest BCUT2D eigenvalue weighted by atomic mass is 79.9. The molecule has 0 saturated heterocycles. The van der Waals surface area contributed by atoms with Crippen LogP contribution in [0.3, 0.4) is 0 Å². The Morgan fingerprint density at radius 3 is 0.986 bits per heavy atom. The number of thioether (sulfide) groups is 3. The van der Waals surface area contributed by atoms with Crippen LogP contribution in [0.5, 0.6) is 69.0 Å². The molecule has 0 spiro atoms. The van der Waals surface area contributed by atoms with Crippen molar-refractivity contribution >= 4 is 112 Å². The standard InChI is InChI=1S/C21H18O5S.C21H16O5S.C21H18O4S.C21H18O3S.C15H12O3S.C8H5BrO3.C7H9BO2S/c2*1-27(23,24)16-9-7-14(8-10-16)17-11-19-20(26-13-25-19)12-18(17)21(22)15-5-3-2-4-6-15;1-26(22,23)18-9-7-16(8-10-18)19-13-21-20(24-14-25-21)12-17(19)11-15-5-3-2-4-6-15;1-25-16-9-7-14(8-10-16)17-11-19-20(24-13-23-19)12-18(17)21(22)15-5-3-2-4-6-15;1-19-12-4-2-10(3-5-12)13-7-15-14(17-9-18-15)6-11(13)8-16;9-6-2-8-7(11-4-12-8)1-5(6)3-10;1-11-7-4-2-6(3-5-7)8(9)10/h2-12,21-22H,13H2,1H3;2-12H,13H2,1H3;2-10,12-13H,11,14H2,1H3;2-12,21-22H,13H2,1H3;2-8H,9H2,1H3;1-3H,4H2;2-5,9-10H,1H3. The van der Waals surface area contributed by atoms with Gasteiger partial charge in [-0.15, -0.1) is 35.3 Å². The fraction of sp³-hybridized carbons (Fsp3) is 0.132. The minimum Gasteiger partial charge on any atom is -0.454 e. The molecule has 0 radical (unpaired) electrons. The molecule has 0 fully saturated rings. The van der Waals surface area contributed by atoms with E-state index in [0.29, 0.717) is 107 Å². The fourth-order valence-electron chi connectivity index (χ4n) is 16.1. The molecule has 748 valence electrons. The molecule has 33 heteroatoms. The van der Waals surface area contributed by atoms with Crippen LogP contribution in [0.15, 0.2) is 374 Å². The van der Waals surface area contributed by atoms with Crippen molar-refractivity contribution in [1.29, 1.82) is 0 Å². The highest BCUT2D eigenvalue weighted by molar-refractivity contribution is 9.10. The van der Waals surface area contributed by atoms with Crippen molar-refractivity contribution in [2.75, 3.05) is 78.3 Å². The van der Waals surface area contributed by atoms with E-state index < -0.39 is 48.8 Å². The Bertz CT molecular complexity index is 7770. The summed E-state index contributed by atoms with van der Waals surface area (Å²) in [6, 6.07) is 104. The number of ketones is 1. The van der Waals surface area contributed by atoms with Gasteiger partial charge in [0.2, 0.25) is 40.8 Å². The monoisotopic (exact) mass is 2150 g/mol. The topological polar surface area (TPSA) is 345 Å². The molecule has 6 aliphatic heterocycles. The molecule has 147 heavy (non-hydrogen) atoms. The molecule has 0 amide bonds. The number of aldehydes is 2. The minimum absolute atomic E-state index is 0.102. The average Bonchev–Trinajstić information content (AvgIpc) is 1.76. The number of rotatable bonds is 22. The number of aliphatic hydroxyl groups is 2. The molecular formula is C114H96BBrO25S6. The maximum atomic E-state index is 13.1. The summed E-state index contributed by atoms with van der Waals surface area (Å²) in [5.41, 5.74) is 16.9. The van der Waals surface area contributed by atoms with Crippen LogP contribution in [0, 0.1) is 0 Å². The van der Waals surface area contributed by atoms with Gasteiger partial charge in [-0.1, -0.05) is 194 Å². The number of halogens is 1. The van der Waals surface area contributed by atoms with E-state index in [9.17, 15) is 49.9 Å². The first kappa shape index (κ1) is 105. The zero-order valence-corrected chi connectivity index (χ0v) is 86.3. The van der Waals surface area contributed by atoms with E-state index in [0.717, 1.165) is 113 Å². The van der Waals surface area contributed by atoms with E-state index in [1.54, 1.807) is 157 Å². The van der Waals surface area contributed by atoms with Crippen LogP contribution in [0.4, 0.5) is 0 Å². The molecule has 0 saturated carbocycles. The van der Waals surface area contributed by atoms with Crippen LogP contribution in [0.25, 0.3) is 55.6 Å². The smallest absolute Gasteiger partial charge is 0.454 e. The predicted molar refractivity (Wildman–Crippen MR) is 572 cm³/mol. The van der Waals surface area contributed by atoms with Gasteiger partial charge in [0, 0.05) is 60.2 Å². The maximum Gasteiger partial charge on any atom is 0.488 e. The molecule has 2 atom stereocenters. The molecular weight excluding hydrogens is 2050 g/mol. The van der Waals surface area contributed by atoms with Crippen LogP contribution in [-0.2, 0) is 35.9 Å². The number of ether oxygens (including phenoxy) is 12. The number of hydrogen-bond donors (Lipinski definition) is 4. The number of carbonyl (C=O) groups is 3. The second kappa shape index (κ2) is 48.2. The normalized spacial score (nSPS) is 13.0. The van der Waals surface area contributed by atoms with Gasteiger partial charge >= 0.3 is 7.12 Å². The molecule has 4 N–H and O–H groups in total. The zero-order valence-electron chi connectivity index (χ0n) is 79.9. The number of hydrogen-bond acceptors (Lipinski definition) is 28. The van der Waals surface area contributed by atoms with E-state index in [4.69, 9.17) is 66.9 Å². The van der Waals surface area contributed by atoms with Crippen LogP contribution < -0.4 is 62.3 Å². The Kier molecular flexibility index (Phi) is 34.5. The van der Waals surface area contributed by atoms with E-state index in [-0.39, 0.29) is 56.3 Å². The first-order valence-corrected chi connectivity index (χ1v) is 55.6. The molecule has 2 unspecified atom stereocenters. The summed E-state index contributed by atoms with van der Waals surface area (Å²) in [6.45, 7) is 1.10. The van der Waals surface area contributed by atoms with Crippen molar-refractivity contribution in [1.82, 2.24) is 0 Å². The van der Waals surface area contributed by atoms with Crippen molar-refractivity contribution in [2.45, 2.75) is 48.0 Å². The van der Waals surface area contributed by atoms with Crippen LogP contribution in [-0.4, -0.2) is 149 Å². The second-order valence-corrected chi connectivity index (χ2v) is 43.0. The van der Waals surface area contributed by atoms with Crippen LogP contribution in [0.2, 0.25) is 0 Å². The van der Waals surface area contributed by atoms with Crippen molar-refractivity contribution in [3.63, 3.8) is 0 Å². The summed E-state index contributed by atoms with van der Waals surface area (Å²) in [7, 11) is -11.1. The van der Waals surface area contributed by atoms with Crippen LogP contribution in [0.1, 0.15) is 82.2 Å². The van der Waals surface area contributed by atoms with Gasteiger partial charge in [-0.25, -0.2) is 25.3 Å². The number of sulfone groups is 3. The Morgan fingerprint density at radius 2 is 0.619 bits per heavy atom. The van der Waals surface area contributed by atoms with Crippen molar-refractivity contribution in [3.8, 4) is 125 Å². The minimum atomic E-state index is -3.29.